The van der Waals surface area contributed by atoms with E-state index in [1.165, 1.54) is 11.3 Å². The molecule has 146 valence electrons. The Morgan fingerprint density at radius 3 is 2.41 bits per heavy atom. The molecule has 2 N–H and O–H groups in total. The summed E-state index contributed by atoms with van der Waals surface area (Å²) in [7, 11) is 0. The highest BCUT2D eigenvalue weighted by molar-refractivity contribution is 7.98. The van der Waals surface area contributed by atoms with Crippen LogP contribution in [0.15, 0.2) is 87.8 Å². The van der Waals surface area contributed by atoms with Gasteiger partial charge < -0.3 is 5.32 Å². The molecule has 0 bridgehead atoms. The number of benzene rings is 2. The van der Waals surface area contributed by atoms with Crippen LogP contribution in [0.1, 0.15) is 20.8 Å². The van der Waals surface area contributed by atoms with Crippen LogP contribution in [-0.4, -0.2) is 24.3 Å². The smallest absolute Gasteiger partial charge is 0.287 e. The minimum atomic E-state index is -0.500. The third-order valence-corrected chi connectivity index (χ3v) is 5.42. The summed E-state index contributed by atoms with van der Waals surface area (Å²) in [4.78, 5) is 27.1. The number of hydrogen-bond donors (Lipinski definition) is 2. The Hall–Kier alpha value is -3.16. The van der Waals surface area contributed by atoms with Crippen molar-refractivity contribution in [3.63, 3.8) is 0 Å². The molecule has 0 aliphatic carbocycles. The number of carbonyl (C=O) groups excluding carboxylic acids is 2. The van der Waals surface area contributed by atoms with E-state index in [-0.39, 0.29) is 11.6 Å². The molecule has 0 fully saturated rings. The fraction of sp³-hybridized carbons (Fsp3) is 0.0455. The minimum absolute atomic E-state index is 0.121. The molecule has 2 aromatic carbocycles. The molecule has 0 aliphatic heterocycles. The Morgan fingerprint density at radius 2 is 1.76 bits per heavy atom. The summed E-state index contributed by atoms with van der Waals surface area (Å²) >= 11 is 3.12. The average Bonchev–Trinajstić information content (AvgIpc) is 3.27. The van der Waals surface area contributed by atoms with Crippen molar-refractivity contribution in [3.8, 4) is 0 Å². The zero-order valence-corrected chi connectivity index (χ0v) is 17.3. The van der Waals surface area contributed by atoms with Crippen LogP contribution < -0.4 is 10.7 Å². The zero-order chi connectivity index (χ0) is 20.5. The summed E-state index contributed by atoms with van der Waals surface area (Å²) in [5.41, 5.74) is 3.93. The summed E-state index contributed by atoms with van der Waals surface area (Å²) < 4.78 is 0. The van der Waals surface area contributed by atoms with Crippen LogP contribution in [-0.2, 0) is 4.79 Å². The predicted octanol–water partition coefficient (Wildman–Crippen LogP) is 4.39. The molecule has 1 heterocycles. The van der Waals surface area contributed by atoms with Gasteiger partial charge in [-0.3, -0.25) is 9.59 Å². The van der Waals surface area contributed by atoms with Crippen LogP contribution in [0, 0.1) is 0 Å². The highest BCUT2D eigenvalue weighted by atomic mass is 32.2. The molecule has 0 saturated heterocycles. The van der Waals surface area contributed by atoms with E-state index in [0.717, 1.165) is 15.3 Å². The van der Waals surface area contributed by atoms with E-state index in [1.54, 1.807) is 48.3 Å². The van der Waals surface area contributed by atoms with E-state index < -0.39 is 5.91 Å². The second-order valence-electron chi connectivity index (χ2n) is 5.87. The molecule has 5 nitrogen and oxygen atoms in total. The predicted molar refractivity (Wildman–Crippen MR) is 120 cm³/mol. The summed E-state index contributed by atoms with van der Waals surface area (Å²) in [6.07, 6.45) is 5.20. The molecule has 7 heteroatoms. The van der Waals surface area contributed by atoms with Gasteiger partial charge in [-0.15, -0.1) is 23.1 Å². The van der Waals surface area contributed by atoms with Crippen LogP contribution in [0.2, 0.25) is 0 Å². The van der Waals surface area contributed by atoms with Gasteiger partial charge in [0.15, 0.2) is 0 Å². The van der Waals surface area contributed by atoms with E-state index in [2.05, 4.69) is 15.8 Å². The number of amides is 2. The van der Waals surface area contributed by atoms with Gasteiger partial charge in [0, 0.05) is 15.3 Å². The lowest BCUT2D eigenvalue weighted by Gasteiger charge is -2.08. The van der Waals surface area contributed by atoms with Crippen molar-refractivity contribution < 1.29 is 9.59 Å². The fourth-order valence-corrected chi connectivity index (χ4v) is 3.44. The highest BCUT2D eigenvalue weighted by Gasteiger charge is 2.14. The van der Waals surface area contributed by atoms with Crippen molar-refractivity contribution in [2.45, 2.75) is 4.90 Å². The first-order valence-electron chi connectivity index (χ1n) is 8.75. The number of hydrogen-bond acceptors (Lipinski definition) is 5. The monoisotopic (exact) mass is 421 g/mol. The first kappa shape index (κ1) is 20.6. The lowest BCUT2D eigenvalue weighted by molar-refractivity contribution is -0.117. The van der Waals surface area contributed by atoms with Gasteiger partial charge in [-0.2, -0.15) is 5.10 Å². The first-order valence-corrected chi connectivity index (χ1v) is 10.9. The number of thiophene rings is 1. The van der Waals surface area contributed by atoms with Gasteiger partial charge in [0.1, 0.15) is 5.70 Å². The van der Waals surface area contributed by atoms with Crippen molar-refractivity contribution in [2.75, 3.05) is 6.26 Å². The molecule has 1 aromatic heterocycles. The zero-order valence-electron chi connectivity index (χ0n) is 15.7. The molecule has 2 amide bonds. The number of nitrogens with zero attached hydrogens (tertiary/aromatic N) is 1. The molecular weight excluding hydrogens is 402 g/mol. The third kappa shape index (κ3) is 6.17. The van der Waals surface area contributed by atoms with Crippen LogP contribution in [0.4, 0.5) is 0 Å². The van der Waals surface area contributed by atoms with E-state index in [1.807, 2.05) is 54.1 Å². The maximum Gasteiger partial charge on any atom is 0.287 e. The number of hydrazone groups is 1. The summed E-state index contributed by atoms with van der Waals surface area (Å²) in [6, 6.07) is 20.3. The van der Waals surface area contributed by atoms with Gasteiger partial charge in [0.25, 0.3) is 11.8 Å². The van der Waals surface area contributed by atoms with Crippen molar-refractivity contribution in [1.29, 1.82) is 0 Å². The lowest BCUT2D eigenvalue weighted by atomic mass is 10.2. The van der Waals surface area contributed by atoms with Gasteiger partial charge >= 0.3 is 0 Å². The van der Waals surface area contributed by atoms with E-state index in [4.69, 9.17) is 0 Å². The van der Waals surface area contributed by atoms with Gasteiger partial charge in [-0.1, -0.05) is 36.4 Å². The summed E-state index contributed by atoms with van der Waals surface area (Å²) in [6.45, 7) is 0. The third-order valence-electron chi connectivity index (χ3n) is 3.85. The van der Waals surface area contributed by atoms with Crippen LogP contribution >= 0.6 is 23.1 Å². The second kappa shape index (κ2) is 10.4. The summed E-state index contributed by atoms with van der Waals surface area (Å²) in [5.74, 6) is -0.861. The van der Waals surface area contributed by atoms with Crippen molar-refractivity contribution in [3.05, 3.63) is 93.8 Å². The Morgan fingerprint density at radius 1 is 1.00 bits per heavy atom. The number of thioether (sulfide) groups is 1. The Labute approximate surface area is 177 Å². The SMILES string of the molecule is CSc1ccc(/C=N\NC(=O)/C(=C/c2cccs2)NC(=O)c2ccccc2)cc1. The van der Waals surface area contributed by atoms with E-state index in [0.29, 0.717) is 5.56 Å². The Bertz CT molecular complexity index is 1010. The van der Waals surface area contributed by atoms with Gasteiger partial charge in [-0.05, 0) is 53.6 Å². The highest BCUT2D eigenvalue weighted by Crippen LogP contribution is 2.14. The van der Waals surface area contributed by atoms with Gasteiger partial charge in [-0.25, -0.2) is 5.43 Å². The molecule has 0 unspecified atom stereocenters. The van der Waals surface area contributed by atoms with Crippen LogP contribution in [0.3, 0.4) is 0 Å². The molecule has 3 aromatic rings. The number of rotatable bonds is 7. The maximum atomic E-state index is 12.6. The molecule has 3 rings (SSSR count). The topological polar surface area (TPSA) is 70.6 Å². The Balaban J connectivity index is 1.72. The quantitative estimate of drug-likeness (QED) is 0.257. The fourth-order valence-electron chi connectivity index (χ4n) is 2.37. The average molecular weight is 422 g/mol. The van der Waals surface area contributed by atoms with E-state index in [9.17, 15) is 9.59 Å². The standard InChI is InChI=1S/C22H19N3O2S2/c1-28-18-11-9-16(10-12-18)15-23-25-22(27)20(14-19-8-5-13-29-19)24-21(26)17-6-3-2-4-7-17/h2-15H,1H3,(H,24,26)(H,25,27)/b20-14-,23-15-. The summed E-state index contributed by atoms with van der Waals surface area (Å²) in [5, 5.41) is 8.58. The number of nitrogens with one attached hydrogen (secondary N) is 2. The van der Waals surface area contributed by atoms with Gasteiger partial charge in [0.05, 0.1) is 6.21 Å². The molecule has 0 aliphatic rings. The number of carbonyl (C=O) groups is 2. The molecule has 0 radical (unpaired) electrons. The normalized spacial score (nSPS) is 11.4. The molecular formula is C22H19N3O2S2. The van der Waals surface area contributed by atoms with Gasteiger partial charge in [0.2, 0.25) is 0 Å². The molecule has 29 heavy (non-hydrogen) atoms. The van der Waals surface area contributed by atoms with Crippen LogP contribution in [0.5, 0.6) is 0 Å². The Kier molecular flexibility index (Phi) is 7.38. The molecule has 0 atom stereocenters. The van der Waals surface area contributed by atoms with Crippen molar-refractivity contribution in [1.82, 2.24) is 10.7 Å². The molecule has 0 spiro atoms. The van der Waals surface area contributed by atoms with Crippen molar-refractivity contribution >= 4 is 47.2 Å². The largest absolute Gasteiger partial charge is 0.317 e. The second-order valence-corrected chi connectivity index (χ2v) is 7.72. The van der Waals surface area contributed by atoms with Crippen molar-refractivity contribution in [2.24, 2.45) is 5.10 Å². The minimum Gasteiger partial charge on any atom is -0.317 e. The maximum absolute atomic E-state index is 12.6. The lowest BCUT2D eigenvalue weighted by Crippen LogP contribution is -2.32. The van der Waals surface area contributed by atoms with E-state index >= 15 is 0 Å². The van der Waals surface area contributed by atoms with Crippen LogP contribution in [0.25, 0.3) is 6.08 Å². The first-order chi connectivity index (χ1) is 14.2. The molecule has 0 saturated carbocycles.